The predicted octanol–water partition coefficient (Wildman–Crippen LogP) is 0.658. The van der Waals surface area contributed by atoms with Crippen molar-refractivity contribution >= 4 is 0 Å². The van der Waals surface area contributed by atoms with Crippen molar-refractivity contribution in [3.63, 3.8) is 0 Å². The van der Waals surface area contributed by atoms with Crippen LogP contribution in [0, 0.1) is 11.3 Å². The van der Waals surface area contributed by atoms with E-state index < -0.39 is 5.54 Å². The second-order valence-corrected chi connectivity index (χ2v) is 5.61. The fourth-order valence-corrected chi connectivity index (χ4v) is 2.98. The molecule has 0 aromatic carbocycles. The Hall–Kier alpha value is -0.630. The van der Waals surface area contributed by atoms with Gasteiger partial charge in [-0.05, 0) is 52.9 Å². The highest BCUT2D eigenvalue weighted by Crippen LogP contribution is 2.21. The molecule has 0 amide bonds. The molecule has 0 spiro atoms. The number of rotatable bonds is 4. The summed E-state index contributed by atoms with van der Waals surface area (Å²) in [6, 6.07) is 3.11. The third-order valence-electron chi connectivity index (χ3n) is 4.24. The van der Waals surface area contributed by atoms with E-state index in [9.17, 15) is 5.26 Å². The summed E-state index contributed by atoms with van der Waals surface area (Å²) in [5, 5.41) is 12.3. The molecule has 2 unspecified atom stereocenters. The first-order chi connectivity index (χ1) is 8.17. The van der Waals surface area contributed by atoms with E-state index in [4.69, 9.17) is 0 Å². The molecule has 2 atom stereocenters. The Kier molecular flexibility index (Phi) is 4.03. The van der Waals surface area contributed by atoms with Crippen LogP contribution < -0.4 is 5.32 Å². The second-order valence-electron chi connectivity index (χ2n) is 5.61. The number of hydrogen-bond donors (Lipinski definition) is 1. The lowest BCUT2D eigenvalue weighted by Crippen LogP contribution is -2.48. The number of likely N-dealkylation sites (N-methyl/N-ethyl adjacent to an activating group) is 1. The van der Waals surface area contributed by atoms with Gasteiger partial charge >= 0.3 is 0 Å². The Balaban J connectivity index is 1.83. The van der Waals surface area contributed by atoms with Gasteiger partial charge in [-0.3, -0.25) is 9.80 Å². The van der Waals surface area contributed by atoms with E-state index in [-0.39, 0.29) is 0 Å². The molecule has 17 heavy (non-hydrogen) atoms. The minimum Gasteiger partial charge on any atom is -0.302 e. The van der Waals surface area contributed by atoms with Crippen molar-refractivity contribution in [2.45, 2.75) is 37.8 Å². The third kappa shape index (κ3) is 2.98. The second kappa shape index (κ2) is 5.34. The molecule has 0 aromatic rings. The van der Waals surface area contributed by atoms with Gasteiger partial charge in [0.15, 0.2) is 0 Å². The summed E-state index contributed by atoms with van der Waals surface area (Å²) in [7, 11) is 1.87. The van der Waals surface area contributed by atoms with Crippen LogP contribution in [0.25, 0.3) is 0 Å². The number of nitrogens with one attached hydrogen (secondary N) is 1. The fraction of sp³-hybridized carbons (Fsp3) is 0.923. The van der Waals surface area contributed by atoms with E-state index in [1.165, 1.54) is 32.4 Å². The van der Waals surface area contributed by atoms with Gasteiger partial charge in [0.05, 0.1) is 6.07 Å². The molecule has 2 saturated heterocycles. The maximum atomic E-state index is 9.17. The average Bonchev–Trinajstić information content (AvgIpc) is 2.98. The minimum absolute atomic E-state index is 0.403. The van der Waals surface area contributed by atoms with Crippen LogP contribution in [0.2, 0.25) is 0 Å². The summed E-state index contributed by atoms with van der Waals surface area (Å²) in [5.41, 5.74) is -0.403. The van der Waals surface area contributed by atoms with Crippen LogP contribution in [0.15, 0.2) is 0 Å². The molecule has 1 N–H and O–H groups in total. The molecule has 0 saturated carbocycles. The number of nitriles is 1. The van der Waals surface area contributed by atoms with Crippen LogP contribution in [0.4, 0.5) is 0 Å². The van der Waals surface area contributed by atoms with Crippen LogP contribution in [-0.4, -0.2) is 61.2 Å². The van der Waals surface area contributed by atoms with Gasteiger partial charge in [-0.15, -0.1) is 0 Å². The van der Waals surface area contributed by atoms with Crippen molar-refractivity contribution in [2.75, 3.05) is 39.8 Å². The molecule has 2 aliphatic rings. The zero-order valence-electron chi connectivity index (χ0n) is 11.1. The van der Waals surface area contributed by atoms with Gasteiger partial charge in [0.1, 0.15) is 5.54 Å². The molecule has 96 valence electrons. The molecule has 2 heterocycles. The molecule has 2 aliphatic heterocycles. The largest absolute Gasteiger partial charge is 0.302 e. The van der Waals surface area contributed by atoms with Crippen LogP contribution >= 0.6 is 0 Å². The highest BCUT2D eigenvalue weighted by molar-refractivity contribution is 5.06. The molecule has 4 heteroatoms. The average molecular weight is 236 g/mol. The van der Waals surface area contributed by atoms with E-state index >= 15 is 0 Å². The predicted molar refractivity (Wildman–Crippen MR) is 68.7 cm³/mol. The SMILES string of the molecule is CNC(C)(C#N)CN1CCC(N2CCCC2)C1. The first-order valence-electron chi connectivity index (χ1n) is 6.73. The van der Waals surface area contributed by atoms with E-state index in [2.05, 4.69) is 21.2 Å². The van der Waals surface area contributed by atoms with Gasteiger partial charge in [0, 0.05) is 19.1 Å². The minimum atomic E-state index is -0.403. The van der Waals surface area contributed by atoms with Gasteiger partial charge in [0.2, 0.25) is 0 Å². The van der Waals surface area contributed by atoms with Gasteiger partial charge < -0.3 is 5.32 Å². The quantitative estimate of drug-likeness (QED) is 0.778. The van der Waals surface area contributed by atoms with E-state index in [1.807, 2.05) is 14.0 Å². The summed E-state index contributed by atoms with van der Waals surface area (Å²) in [6.45, 7) is 7.65. The molecule has 2 fully saturated rings. The van der Waals surface area contributed by atoms with Gasteiger partial charge in [-0.2, -0.15) is 5.26 Å². The van der Waals surface area contributed by atoms with Crippen LogP contribution in [0.3, 0.4) is 0 Å². The Bertz CT molecular complexity index is 292. The van der Waals surface area contributed by atoms with Crippen molar-refractivity contribution in [2.24, 2.45) is 0 Å². The summed E-state index contributed by atoms with van der Waals surface area (Å²) in [5.74, 6) is 0. The van der Waals surface area contributed by atoms with Crippen LogP contribution in [0.5, 0.6) is 0 Å². The lowest BCUT2D eigenvalue weighted by atomic mass is 10.1. The zero-order valence-corrected chi connectivity index (χ0v) is 11.1. The summed E-state index contributed by atoms with van der Waals surface area (Å²) in [4.78, 5) is 5.06. The van der Waals surface area contributed by atoms with Gasteiger partial charge in [-0.25, -0.2) is 0 Å². The van der Waals surface area contributed by atoms with Crippen molar-refractivity contribution in [3.8, 4) is 6.07 Å². The van der Waals surface area contributed by atoms with Crippen molar-refractivity contribution < 1.29 is 0 Å². The highest BCUT2D eigenvalue weighted by atomic mass is 15.3. The van der Waals surface area contributed by atoms with E-state index in [0.717, 1.165) is 25.7 Å². The third-order valence-corrected chi connectivity index (χ3v) is 4.24. The topological polar surface area (TPSA) is 42.3 Å². The monoisotopic (exact) mass is 236 g/mol. The Labute approximate surface area is 105 Å². The van der Waals surface area contributed by atoms with Gasteiger partial charge in [-0.1, -0.05) is 0 Å². The molecule has 0 aliphatic carbocycles. The maximum absolute atomic E-state index is 9.17. The standard InChI is InChI=1S/C13H24N4/c1-13(10-14,15-2)11-16-8-5-12(9-16)17-6-3-4-7-17/h12,15H,3-9,11H2,1-2H3. The van der Waals surface area contributed by atoms with Crippen molar-refractivity contribution in [1.29, 1.82) is 5.26 Å². The lowest BCUT2D eigenvalue weighted by Gasteiger charge is -2.28. The number of likely N-dealkylation sites (tertiary alicyclic amines) is 2. The maximum Gasteiger partial charge on any atom is 0.116 e. The van der Waals surface area contributed by atoms with Crippen molar-refractivity contribution in [1.82, 2.24) is 15.1 Å². The van der Waals surface area contributed by atoms with Crippen LogP contribution in [0.1, 0.15) is 26.2 Å². The molecule has 4 nitrogen and oxygen atoms in total. The Morgan fingerprint density at radius 3 is 2.65 bits per heavy atom. The summed E-state index contributed by atoms with van der Waals surface area (Å²) < 4.78 is 0. The lowest BCUT2D eigenvalue weighted by molar-refractivity contribution is 0.216. The highest BCUT2D eigenvalue weighted by Gasteiger charge is 2.33. The van der Waals surface area contributed by atoms with Crippen LogP contribution in [-0.2, 0) is 0 Å². The fourth-order valence-electron chi connectivity index (χ4n) is 2.98. The summed E-state index contributed by atoms with van der Waals surface area (Å²) >= 11 is 0. The normalized spacial score (nSPS) is 30.3. The first-order valence-corrected chi connectivity index (χ1v) is 6.73. The van der Waals surface area contributed by atoms with Gasteiger partial charge in [0.25, 0.3) is 0 Å². The number of hydrogen-bond acceptors (Lipinski definition) is 4. The zero-order chi connectivity index (χ0) is 12.3. The van der Waals surface area contributed by atoms with E-state index in [0.29, 0.717) is 0 Å². The number of nitrogens with zero attached hydrogens (tertiary/aromatic N) is 3. The Morgan fingerprint density at radius 1 is 1.35 bits per heavy atom. The molecule has 0 aromatic heterocycles. The molecule has 0 radical (unpaired) electrons. The Morgan fingerprint density at radius 2 is 2.06 bits per heavy atom. The first kappa shape index (κ1) is 12.8. The summed E-state index contributed by atoms with van der Waals surface area (Å²) in [6.07, 6.45) is 4.00. The molecular weight excluding hydrogens is 212 g/mol. The molecular formula is C13H24N4. The van der Waals surface area contributed by atoms with E-state index in [1.54, 1.807) is 0 Å². The molecule has 0 bridgehead atoms. The molecule has 2 rings (SSSR count). The van der Waals surface area contributed by atoms with Crippen molar-refractivity contribution in [3.05, 3.63) is 0 Å². The smallest absolute Gasteiger partial charge is 0.116 e.